The van der Waals surface area contributed by atoms with Gasteiger partial charge in [0, 0.05) is 28.6 Å². The highest BCUT2D eigenvalue weighted by molar-refractivity contribution is 8.00. The molecule has 3 N–H and O–H groups in total. The second-order valence-corrected chi connectivity index (χ2v) is 12.5. The minimum atomic E-state index is -0.958. The Morgan fingerprint density at radius 1 is 1.10 bits per heavy atom. The summed E-state index contributed by atoms with van der Waals surface area (Å²) < 4.78 is 9.56. The van der Waals surface area contributed by atoms with Crippen molar-refractivity contribution in [2.24, 2.45) is 11.3 Å². The van der Waals surface area contributed by atoms with Gasteiger partial charge in [0.2, 0.25) is 11.8 Å². The van der Waals surface area contributed by atoms with Crippen LogP contribution in [0.1, 0.15) is 67.4 Å². The molecule has 39 heavy (non-hydrogen) atoms. The molecule has 2 fully saturated rings. The molecule has 0 amide bonds. The number of carboxylic acids is 1. The van der Waals surface area contributed by atoms with Crippen LogP contribution in [0.5, 0.6) is 5.88 Å². The van der Waals surface area contributed by atoms with Crippen LogP contribution in [-0.2, 0) is 0 Å². The Morgan fingerprint density at radius 2 is 1.82 bits per heavy atom. The lowest BCUT2D eigenvalue weighted by Crippen LogP contribution is -2.49. The van der Waals surface area contributed by atoms with Gasteiger partial charge in [-0.15, -0.1) is 0 Å². The first-order valence-corrected chi connectivity index (χ1v) is 14.6. The van der Waals surface area contributed by atoms with Gasteiger partial charge in [-0.1, -0.05) is 38.1 Å². The van der Waals surface area contributed by atoms with Crippen LogP contribution < -0.4 is 14.8 Å². The van der Waals surface area contributed by atoms with Crippen LogP contribution in [0.15, 0.2) is 53.4 Å². The highest BCUT2D eigenvalue weighted by Crippen LogP contribution is 2.60. The van der Waals surface area contributed by atoms with Gasteiger partial charge < -0.3 is 15.2 Å². The predicted octanol–water partition coefficient (Wildman–Crippen LogP) is 6.90. The van der Waals surface area contributed by atoms with Crippen molar-refractivity contribution in [1.82, 2.24) is 15.3 Å². The second-order valence-electron chi connectivity index (χ2n) is 11.6. The summed E-state index contributed by atoms with van der Waals surface area (Å²) in [7, 11) is 0. The molecule has 206 valence electrons. The van der Waals surface area contributed by atoms with Gasteiger partial charge >= 0.3 is 5.97 Å². The monoisotopic (exact) mass is 546 g/mol. The molecule has 7 nitrogen and oxygen atoms in total. The number of hydrogen-bond acceptors (Lipinski definition) is 7. The zero-order valence-corrected chi connectivity index (χ0v) is 24.0. The van der Waals surface area contributed by atoms with Crippen molar-refractivity contribution >= 4 is 23.9 Å². The number of hydrogen-bond donors (Lipinski definition) is 3. The van der Waals surface area contributed by atoms with Crippen molar-refractivity contribution in [2.45, 2.75) is 76.8 Å². The number of anilines is 1. The van der Waals surface area contributed by atoms with E-state index >= 15 is 0 Å². The molecule has 0 saturated heterocycles. The molecule has 2 aromatic carbocycles. The fourth-order valence-electron chi connectivity index (χ4n) is 5.65. The molecular weight excluding hydrogens is 508 g/mol. The Kier molecular flexibility index (Phi) is 8.14. The van der Waals surface area contributed by atoms with Crippen LogP contribution in [0.25, 0.3) is 11.3 Å². The summed E-state index contributed by atoms with van der Waals surface area (Å²) >= 11 is 1.28. The SMILES string of the molecule is Cc1cccc(C)c1-c1cc(OCC(CC(C)C)NC2CC3(CC3)C2)nc(NSc2cccc(C(=O)O)c2)n1. The van der Waals surface area contributed by atoms with E-state index in [1.54, 1.807) is 18.2 Å². The molecule has 1 spiro atoms. The van der Waals surface area contributed by atoms with E-state index in [0.29, 0.717) is 35.8 Å². The Morgan fingerprint density at radius 3 is 2.49 bits per heavy atom. The minimum Gasteiger partial charge on any atom is -0.478 e. The van der Waals surface area contributed by atoms with E-state index in [4.69, 9.17) is 9.72 Å². The first-order chi connectivity index (χ1) is 18.7. The first kappa shape index (κ1) is 27.5. The van der Waals surface area contributed by atoms with Gasteiger partial charge in [-0.05, 0) is 98.6 Å². The normalized spacial score (nSPS) is 16.6. The van der Waals surface area contributed by atoms with Crippen molar-refractivity contribution < 1.29 is 14.6 Å². The third-order valence-corrected chi connectivity index (χ3v) is 8.53. The number of carboxylic acid groups (broad SMARTS) is 1. The highest BCUT2D eigenvalue weighted by atomic mass is 32.2. The van der Waals surface area contributed by atoms with Crippen LogP contribution in [0.2, 0.25) is 0 Å². The summed E-state index contributed by atoms with van der Waals surface area (Å²) in [5.74, 6) is 0.541. The molecule has 5 rings (SSSR count). The summed E-state index contributed by atoms with van der Waals surface area (Å²) in [6.45, 7) is 9.20. The third kappa shape index (κ3) is 6.92. The number of rotatable bonds is 12. The first-order valence-electron chi connectivity index (χ1n) is 13.8. The van der Waals surface area contributed by atoms with Gasteiger partial charge in [0.1, 0.15) is 6.61 Å². The zero-order chi connectivity index (χ0) is 27.6. The fourth-order valence-corrected chi connectivity index (χ4v) is 6.28. The lowest BCUT2D eigenvalue weighted by atomic mass is 9.76. The van der Waals surface area contributed by atoms with Gasteiger partial charge in [-0.25, -0.2) is 9.78 Å². The summed E-state index contributed by atoms with van der Waals surface area (Å²) in [4.78, 5) is 21.6. The zero-order valence-electron chi connectivity index (χ0n) is 23.2. The maximum Gasteiger partial charge on any atom is 0.335 e. The number of benzene rings is 2. The average Bonchev–Trinajstić information content (AvgIpc) is 3.67. The predicted molar refractivity (Wildman–Crippen MR) is 156 cm³/mol. The Balaban J connectivity index is 1.35. The van der Waals surface area contributed by atoms with Gasteiger partial charge in [0.25, 0.3) is 0 Å². The molecule has 8 heteroatoms. The smallest absolute Gasteiger partial charge is 0.335 e. The van der Waals surface area contributed by atoms with Crippen molar-refractivity contribution in [3.05, 3.63) is 65.2 Å². The second kappa shape index (κ2) is 11.6. The van der Waals surface area contributed by atoms with Gasteiger partial charge in [0.05, 0.1) is 11.3 Å². The number of carbonyl (C=O) groups is 1. The topological polar surface area (TPSA) is 96.4 Å². The molecule has 2 aliphatic rings. The van der Waals surface area contributed by atoms with E-state index in [-0.39, 0.29) is 11.6 Å². The van der Waals surface area contributed by atoms with E-state index < -0.39 is 5.97 Å². The molecule has 1 atom stereocenters. The maximum absolute atomic E-state index is 11.4. The number of nitrogens with zero attached hydrogens (tertiary/aromatic N) is 2. The van der Waals surface area contributed by atoms with Crippen LogP contribution in [0, 0.1) is 25.2 Å². The maximum atomic E-state index is 11.4. The summed E-state index contributed by atoms with van der Waals surface area (Å²) in [6, 6.07) is 15.8. The van der Waals surface area contributed by atoms with E-state index in [2.05, 4.69) is 54.9 Å². The standard InChI is InChI=1S/C31H38N4O3S/c1-19(2)13-23(32-24-16-31(17-24)11-12-31)18-38-27-15-26(28-20(3)7-5-8-21(28)4)33-30(34-27)35-39-25-10-6-9-22(14-25)29(36)37/h5-10,14-15,19,23-24,32H,11-13,16-18H2,1-4H3,(H,36,37)(H,33,34,35). The van der Waals surface area contributed by atoms with Crippen molar-refractivity contribution in [3.63, 3.8) is 0 Å². The summed E-state index contributed by atoms with van der Waals surface area (Å²) in [6.07, 6.45) is 6.42. The van der Waals surface area contributed by atoms with Crippen molar-refractivity contribution in [2.75, 3.05) is 11.3 Å². The largest absolute Gasteiger partial charge is 0.478 e. The molecule has 3 aromatic rings. The van der Waals surface area contributed by atoms with Crippen LogP contribution in [0.4, 0.5) is 5.95 Å². The van der Waals surface area contributed by atoms with Crippen LogP contribution >= 0.6 is 11.9 Å². The Bertz CT molecular complexity index is 1310. The quantitative estimate of drug-likeness (QED) is 0.211. The lowest BCUT2D eigenvalue weighted by Gasteiger charge is -2.39. The van der Waals surface area contributed by atoms with E-state index in [1.165, 1.54) is 37.6 Å². The third-order valence-electron chi connectivity index (χ3n) is 7.76. The lowest BCUT2D eigenvalue weighted by molar-refractivity contribution is 0.0696. The molecule has 2 aliphatic carbocycles. The number of aromatic carboxylic acids is 1. The van der Waals surface area contributed by atoms with Gasteiger partial charge in [-0.2, -0.15) is 4.98 Å². The van der Waals surface area contributed by atoms with Crippen LogP contribution in [-0.4, -0.2) is 39.7 Å². The molecular formula is C31H38N4O3S. The molecule has 0 radical (unpaired) electrons. The molecule has 0 bridgehead atoms. The fraction of sp³-hybridized carbons (Fsp3) is 0.452. The average molecular weight is 547 g/mol. The number of aryl methyl sites for hydroxylation is 2. The summed E-state index contributed by atoms with van der Waals surface area (Å²) in [5, 5.41) is 13.2. The minimum absolute atomic E-state index is 0.235. The van der Waals surface area contributed by atoms with Crippen LogP contribution in [0.3, 0.4) is 0 Å². The number of nitrogens with one attached hydrogen (secondary N) is 2. The Hall–Kier alpha value is -3.10. The van der Waals surface area contributed by atoms with Gasteiger partial charge in [-0.3, -0.25) is 4.72 Å². The van der Waals surface area contributed by atoms with E-state index in [9.17, 15) is 9.90 Å². The highest BCUT2D eigenvalue weighted by Gasteiger charge is 2.52. The van der Waals surface area contributed by atoms with Gasteiger partial charge in [0.15, 0.2) is 0 Å². The molecule has 0 aliphatic heterocycles. The number of ether oxygens (including phenoxy) is 1. The Labute approximate surface area is 235 Å². The molecule has 1 aromatic heterocycles. The van der Waals surface area contributed by atoms with E-state index in [1.807, 2.05) is 18.2 Å². The molecule has 1 heterocycles. The number of aromatic nitrogens is 2. The van der Waals surface area contributed by atoms with Crippen molar-refractivity contribution in [3.8, 4) is 17.1 Å². The van der Waals surface area contributed by atoms with Crippen molar-refractivity contribution in [1.29, 1.82) is 0 Å². The summed E-state index contributed by atoms with van der Waals surface area (Å²) in [5.41, 5.74) is 5.01. The van der Waals surface area contributed by atoms with E-state index in [0.717, 1.165) is 33.7 Å². The molecule has 1 unspecified atom stereocenters. The molecule has 2 saturated carbocycles.